The van der Waals surface area contributed by atoms with E-state index in [0.717, 1.165) is 12.1 Å². The van der Waals surface area contributed by atoms with Crippen LogP contribution in [-0.4, -0.2) is 18.5 Å². The molecule has 9 heteroatoms. The molecule has 0 unspecified atom stereocenters. The van der Waals surface area contributed by atoms with Gasteiger partial charge in [0.05, 0.1) is 21.8 Å². The molecule has 3 rings (SSSR count). The minimum atomic E-state index is -4.82. The molecular weight excluding hydrogens is 405 g/mol. The van der Waals surface area contributed by atoms with Crippen molar-refractivity contribution in [3.8, 4) is 0 Å². The van der Waals surface area contributed by atoms with Gasteiger partial charge >= 0.3 is 6.18 Å². The number of hydrogen-bond donors (Lipinski definition) is 2. The molecule has 0 amide bonds. The Labute approximate surface area is 165 Å². The summed E-state index contributed by atoms with van der Waals surface area (Å²) in [6, 6.07) is 13.5. The molecule has 0 radical (unpaired) electrons. The highest BCUT2D eigenvalue weighted by atomic mass is 32.2. The second-order valence-electron chi connectivity index (χ2n) is 6.33. The third-order valence-corrected chi connectivity index (χ3v) is 5.70. The number of pyridine rings is 1. The third-order valence-electron chi connectivity index (χ3n) is 4.27. The molecule has 3 aromatic rings. The Kier molecular flexibility index (Phi) is 5.63. The number of aliphatic hydroxyl groups excluding tert-OH is 1. The van der Waals surface area contributed by atoms with E-state index in [1.807, 2.05) is 0 Å². The average molecular weight is 422 g/mol. The number of benzene rings is 2. The van der Waals surface area contributed by atoms with Crippen LogP contribution in [-0.2, 0) is 16.2 Å². The lowest BCUT2D eigenvalue weighted by atomic mass is 10.0. The Morgan fingerprint density at radius 3 is 2.38 bits per heavy atom. The second kappa shape index (κ2) is 7.84. The van der Waals surface area contributed by atoms with Gasteiger partial charge in [0.2, 0.25) is 0 Å². The Hall–Kier alpha value is -2.91. The molecule has 0 fully saturated rings. The summed E-state index contributed by atoms with van der Waals surface area (Å²) in [6.45, 7) is 1.60. The molecule has 152 valence electrons. The van der Waals surface area contributed by atoms with Crippen LogP contribution in [0.5, 0.6) is 0 Å². The largest absolute Gasteiger partial charge is 0.417 e. The number of aryl methyl sites for hydroxylation is 1. The number of anilines is 1. The first-order chi connectivity index (χ1) is 13.6. The van der Waals surface area contributed by atoms with Crippen molar-refractivity contribution >= 4 is 15.7 Å². The summed E-state index contributed by atoms with van der Waals surface area (Å²) >= 11 is 0. The fraction of sp³-hybridized carbons (Fsp3) is 0.150. The van der Waals surface area contributed by atoms with E-state index < -0.39 is 32.8 Å². The van der Waals surface area contributed by atoms with Gasteiger partial charge in [0.1, 0.15) is 6.10 Å². The van der Waals surface area contributed by atoms with Gasteiger partial charge in [-0.15, -0.1) is 0 Å². The number of aliphatic hydroxyl groups is 1. The Morgan fingerprint density at radius 2 is 1.72 bits per heavy atom. The van der Waals surface area contributed by atoms with Crippen LogP contribution in [0.4, 0.5) is 18.9 Å². The van der Waals surface area contributed by atoms with E-state index in [4.69, 9.17) is 0 Å². The second-order valence-corrected chi connectivity index (χ2v) is 7.98. The number of sulfonamides is 1. The Bertz CT molecular complexity index is 1120. The molecule has 1 heterocycles. The molecule has 0 aliphatic carbocycles. The van der Waals surface area contributed by atoms with Gasteiger partial charge in [0.25, 0.3) is 10.0 Å². The maximum Gasteiger partial charge on any atom is 0.417 e. The zero-order chi connectivity index (χ0) is 21.2. The van der Waals surface area contributed by atoms with E-state index in [0.29, 0.717) is 22.9 Å². The van der Waals surface area contributed by atoms with Crippen LogP contribution in [0.15, 0.2) is 71.8 Å². The predicted molar refractivity (Wildman–Crippen MR) is 102 cm³/mol. The molecular formula is C20H17F3N2O3S. The molecule has 0 bridgehead atoms. The first-order valence-corrected chi connectivity index (χ1v) is 9.96. The fourth-order valence-corrected chi connectivity index (χ4v) is 4.11. The highest BCUT2D eigenvalue weighted by molar-refractivity contribution is 7.92. The van der Waals surface area contributed by atoms with E-state index in [1.165, 1.54) is 18.3 Å². The van der Waals surface area contributed by atoms with Gasteiger partial charge in [-0.2, -0.15) is 13.2 Å². The summed E-state index contributed by atoms with van der Waals surface area (Å²) in [5.74, 6) is 0. The number of hydrogen-bond acceptors (Lipinski definition) is 4. The van der Waals surface area contributed by atoms with Crippen LogP contribution in [0.3, 0.4) is 0 Å². The lowest BCUT2D eigenvalue weighted by Gasteiger charge is -2.17. The zero-order valence-electron chi connectivity index (χ0n) is 15.2. The maximum atomic E-state index is 13.2. The van der Waals surface area contributed by atoms with Crippen molar-refractivity contribution in [2.24, 2.45) is 0 Å². The minimum Gasteiger partial charge on any atom is -0.382 e. The van der Waals surface area contributed by atoms with Crippen molar-refractivity contribution in [3.63, 3.8) is 0 Å². The minimum absolute atomic E-state index is 0.0643. The Morgan fingerprint density at radius 1 is 1.03 bits per heavy atom. The lowest BCUT2D eigenvalue weighted by Crippen LogP contribution is -2.19. The van der Waals surface area contributed by atoms with E-state index in [1.54, 1.807) is 37.3 Å². The predicted octanol–water partition coefficient (Wildman–Crippen LogP) is 4.29. The molecule has 1 atom stereocenters. The van der Waals surface area contributed by atoms with Crippen molar-refractivity contribution < 1.29 is 26.7 Å². The normalized spacial score (nSPS) is 13.1. The molecule has 2 N–H and O–H groups in total. The molecule has 2 aromatic carbocycles. The number of halogens is 3. The van der Waals surface area contributed by atoms with Crippen LogP contribution in [0, 0.1) is 6.92 Å². The van der Waals surface area contributed by atoms with Crippen LogP contribution < -0.4 is 4.72 Å². The summed E-state index contributed by atoms with van der Waals surface area (Å²) in [5.41, 5.74) is -0.0111. The van der Waals surface area contributed by atoms with Gasteiger partial charge in [0, 0.05) is 6.20 Å². The number of rotatable bonds is 5. The van der Waals surface area contributed by atoms with Crippen LogP contribution in [0.1, 0.15) is 28.5 Å². The number of nitrogens with zero attached hydrogens (tertiary/aromatic N) is 1. The first kappa shape index (κ1) is 20.8. The standard InChI is InChI=1S/C20H17F3N2O3S/c1-13-9-10-14(19(26)16-7-4-5-11-24-16)12-17(13)25-29(27,28)18-8-3-2-6-15(18)20(21,22)23/h2-12,19,25-26H,1H3/t19-/m0/s1. The van der Waals surface area contributed by atoms with E-state index >= 15 is 0 Å². The van der Waals surface area contributed by atoms with Crippen molar-refractivity contribution in [1.82, 2.24) is 4.98 Å². The van der Waals surface area contributed by atoms with E-state index in [2.05, 4.69) is 9.71 Å². The van der Waals surface area contributed by atoms with Crippen molar-refractivity contribution in [2.45, 2.75) is 24.1 Å². The van der Waals surface area contributed by atoms with Gasteiger partial charge in [-0.3, -0.25) is 9.71 Å². The monoisotopic (exact) mass is 422 g/mol. The summed E-state index contributed by atoms with van der Waals surface area (Å²) in [6.07, 6.45) is -4.44. The molecule has 1 aromatic heterocycles. The molecule has 0 aliphatic rings. The van der Waals surface area contributed by atoms with Gasteiger partial charge in [-0.25, -0.2) is 8.42 Å². The topological polar surface area (TPSA) is 79.3 Å². The molecule has 0 saturated carbocycles. The summed E-state index contributed by atoms with van der Waals surface area (Å²) in [5, 5.41) is 10.5. The quantitative estimate of drug-likeness (QED) is 0.643. The van der Waals surface area contributed by atoms with E-state index in [-0.39, 0.29) is 5.69 Å². The highest BCUT2D eigenvalue weighted by Crippen LogP contribution is 2.35. The van der Waals surface area contributed by atoms with E-state index in [9.17, 15) is 26.7 Å². The summed E-state index contributed by atoms with van der Waals surface area (Å²) in [4.78, 5) is 3.18. The maximum absolute atomic E-state index is 13.2. The molecule has 5 nitrogen and oxygen atoms in total. The summed E-state index contributed by atoms with van der Waals surface area (Å²) < 4.78 is 67.2. The highest BCUT2D eigenvalue weighted by Gasteiger charge is 2.37. The van der Waals surface area contributed by atoms with Gasteiger partial charge in [0.15, 0.2) is 0 Å². The lowest BCUT2D eigenvalue weighted by molar-refractivity contribution is -0.139. The van der Waals surface area contributed by atoms with Crippen LogP contribution >= 0.6 is 0 Å². The number of nitrogens with one attached hydrogen (secondary N) is 1. The smallest absolute Gasteiger partial charge is 0.382 e. The number of alkyl halides is 3. The first-order valence-electron chi connectivity index (χ1n) is 8.48. The van der Waals surface area contributed by atoms with Crippen molar-refractivity contribution in [3.05, 3.63) is 89.2 Å². The zero-order valence-corrected chi connectivity index (χ0v) is 16.0. The van der Waals surface area contributed by atoms with Gasteiger partial charge in [-0.05, 0) is 48.4 Å². The number of aromatic nitrogens is 1. The average Bonchev–Trinajstić information content (AvgIpc) is 2.69. The molecule has 0 aliphatic heterocycles. The van der Waals surface area contributed by atoms with Gasteiger partial charge in [-0.1, -0.05) is 30.3 Å². The van der Waals surface area contributed by atoms with Crippen LogP contribution in [0.2, 0.25) is 0 Å². The molecule has 0 saturated heterocycles. The van der Waals surface area contributed by atoms with Crippen LogP contribution in [0.25, 0.3) is 0 Å². The van der Waals surface area contributed by atoms with Crippen molar-refractivity contribution in [1.29, 1.82) is 0 Å². The third kappa shape index (κ3) is 4.57. The Balaban J connectivity index is 1.99. The van der Waals surface area contributed by atoms with Gasteiger partial charge < -0.3 is 5.11 Å². The SMILES string of the molecule is Cc1ccc([C@H](O)c2ccccn2)cc1NS(=O)(=O)c1ccccc1C(F)(F)F. The molecule has 0 spiro atoms. The summed E-state index contributed by atoms with van der Waals surface area (Å²) in [7, 11) is -4.52. The fourth-order valence-electron chi connectivity index (χ4n) is 2.76. The molecule has 29 heavy (non-hydrogen) atoms. The van der Waals surface area contributed by atoms with Crippen molar-refractivity contribution in [2.75, 3.05) is 4.72 Å².